The van der Waals surface area contributed by atoms with E-state index in [9.17, 15) is 28.8 Å². The maximum Gasteiger partial charge on any atom is 0.343 e. The number of anilines is 1. The Morgan fingerprint density at radius 1 is 0.710 bits per heavy atom. The Morgan fingerprint density at radius 3 is 2.03 bits per heavy atom. The number of amides is 4. The van der Waals surface area contributed by atoms with Crippen LogP contribution in [0.3, 0.4) is 0 Å². The molecule has 13 unspecified atom stereocenters. The first-order valence-electron chi connectivity index (χ1n) is 26.1. The SMILES string of the molecule is Cc1cc(C(=O)Oc2ccc(/C=C/C(=O)c3ccc(OC4CCC5(C)C(CCC6C5CCC5(C)C(C(C)CCCC(C)C)CCC65)C4)cc3)cc2)cc(N2C(=O)C3C4C(=O)N(C)C(=O)C4C3C2=O)c1. The number of carbonyl (C=O) groups is 6. The van der Waals surface area contributed by atoms with Crippen molar-refractivity contribution in [3.8, 4) is 11.5 Å². The summed E-state index contributed by atoms with van der Waals surface area (Å²) >= 11 is 0. The molecule has 0 N–H and O–H groups in total. The van der Waals surface area contributed by atoms with Gasteiger partial charge < -0.3 is 9.47 Å². The largest absolute Gasteiger partial charge is 0.490 e. The van der Waals surface area contributed by atoms with Gasteiger partial charge in [0.2, 0.25) is 23.6 Å². The monoisotopic (exact) mass is 935 g/mol. The predicted octanol–water partition coefficient (Wildman–Crippen LogP) is 11.3. The van der Waals surface area contributed by atoms with Crippen molar-refractivity contribution in [3.63, 3.8) is 0 Å². The van der Waals surface area contributed by atoms with E-state index in [4.69, 9.17) is 9.47 Å². The highest BCUT2D eigenvalue weighted by atomic mass is 16.5. The van der Waals surface area contributed by atoms with Crippen LogP contribution in [0.1, 0.15) is 144 Å². The van der Waals surface area contributed by atoms with Crippen LogP contribution in [0.5, 0.6) is 11.5 Å². The maximum atomic E-state index is 13.5. The zero-order chi connectivity index (χ0) is 48.7. The van der Waals surface area contributed by atoms with Gasteiger partial charge in [-0.3, -0.25) is 28.9 Å². The number of imide groups is 2. The molecule has 364 valence electrons. The van der Waals surface area contributed by atoms with Crippen LogP contribution in [-0.4, -0.2) is 53.4 Å². The molecule has 10 rings (SSSR count). The second kappa shape index (κ2) is 18.1. The number of hydrogen-bond donors (Lipinski definition) is 0. The number of nitrogens with zero attached hydrogens (tertiary/aromatic N) is 2. The lowest BCUT2D eigenvalue weighted by Crippen LogP contribution is -2.54. The van der Waals surface area contributed by atoms with E-state index in [1.165, 1.54) is 83.4 Å². The van der Waals surface area contributed by atoms with Crippen molar-refractivity contribution in [1.82, 2.24) is 4.90 Å². The molecule has 4 amide bonds. The van der Waals surface area contributed by atoms with Gasteiger partial charge in [0.15, 0.2) is 5.78 Å². The summed E-state index contributed by atoms with van der Waals surface area (Å²) in [5.41, 5.74) is 3.18. The van der Waals surface area contributed by atoms with Crippen LogP contribution in [0.15, 0.2) is 72.8 Å². The highest BCUT2D eigenvalue weighted by Gasteiger charge is 2.73. The van der Waals surface area contributed by atoms with Crippen molar-refractivity contribution in [2.24, 2.45) is 75.9 Å². The molecular weight excluding hydrogens is 865 g/mol. The zero-order valence-corrected chi connectivity index (χ0v) is 41.6. The van der Waals surface area contributed by atoms with E-state index < -0.39 is 53.3 Å². The lowest BCUT2D eigenvalue weighted by Gasteiger charge is -2.61. The molecule has 2 aliphatic heterocycles. The second-order valence-corrected chi connectivity index (χ2v) is 23.3. The van der Waals surface area contributed by atoms with Gasteiger partial charge >= 0.3 is 5.97 Å². The number of hydrogen-bond acceptors (Lipinski definition) is 8. The van der Waals surface area contributed by atoms with Crippen molar-refractivity contribution in [1.29, 1.82) is 0 Å². The Kier molecular flexibility index (Phi) is 12.4. The second-order valence-electron chi connectivity index (χ2n) is 23.3. The van der Waals surface area contributed by atoms with E-state index in [2.05, 4.69) is 34.6 Å². The van der Waals surface area contributed by atoms with Gasteiger partial charge in [-0.1, -0.05) is 72.1 Å². The molecule has 10 heteroatoms. The molecule has 69 heavy (non-hydrogen) atoms. The van der Waals surface area contributed by atoms with Gasteiger partial charge in [-0.15, -0.1) is 0 Å². The summed E-state index contributed by atoms with van der Waals surface area (Å²) in [7, 11) is 1.37. The molecule has 13 atom stereocenters. The number of ketones is 1. The highest BCUT2D eigenvalue weighted by Crippen LogP contribution is 2.68. The Bertz CT molecular complexity index is 2540. The molecule has 0 radical (unpaired) electrons. The fourth-order valence-corrected chi connectivity index (χ4v) is 15.5. The quantitative estimate of drug-likeness (QED) is 0.0545. The standard InChI is InChI=1S/C59H70N2O8/c1-33(2)9-8-10-35(4)45-22-23-46-44-21-16-39-32-43(25-27-58(39,5)47(44)26-28-59(45,46)6)68-41-19-14-37(15-20-41)48(62)24-13-36-11-17-42(18-12-36)69-57(67)38-29-34(3)30-40(31-38)61-55(65)51-49-50(52(51)56(61)66)54(64)60(7)53(49)63/h11-15,17-20,24,29-31,33,35,39,43-47,49-52H,8-10,16,21-23,25-28,32H2,1-7H3/b24-13+. The lowest BCUT2D eigenvalue weighted by atomic mass is 9.44. The van der Waals surface area contributed by atoms with Crippen LogP contribution in [0.4, 0.5) is 5.69 Å². The minimum atomic E-state index is -0.885. The van der Waals surface area contributed by atoms with Crippen LogP contribution in [0.2, 0.25) is 0 Å². The number of ether oxygens (including phenoxy) is 2. The van der Waals surface area contributed by atoms with Gasteiger partial charge in [0.25, 0.3) is 0 Å². The number of allylic oxidation sites excluding steroid dienone is 1. The summed E-state index contributed by atoms with van der Waals surface area (Å²) in [5.74, 6) is 0.741. The van der Waals surface area contributed by atoms with Crippen molar-refractivity contribution in [2.75, 3.05) is 11.9 Å². The third-order valence-electron chi connectivity index (χ3n) is 19.1. The van der Waals surface area contributed by atoms with E-state index in [1.54, 1.807) is 49.4 Å². The molecular formula is C59H70N2O8. The molecule has 2 heterocycles. The molecule has 3 aromatic rings. The summed E-state index contributed by atoms with van der Waals surface area (Å²) in [6, 6.07) is 18.9. The van der Waals surface area contributed by atoms with Crippen LogP contribution >= 0.6 is 0 Å². The zero-order valence-electron chi connectivity index (χ0n) is 41.6. The van der Waals surface area contributed by atoms with Gasteiger partial charge in [-0.2, -0.15) is 0 Å². The number of benzene rings is 3. The molecule has 0 bridgehead atoms. The number of likely N-dealkylation sites (tertiary alicyclic amines) is 1. The van der Waals surface area contributed by atoms with Crippen molar-refractivity contribution < 1.29 is 38.2 Å². The van der Waals surface area contributed by atoms with E-state index >= 15 is 0 Å². The maximum absolute atomic E-state index is 13.5. The van der Waals surface area contributed by atoms with Gasteiger partial charge in [-0.05, 0) is 189 Å². The summed E-state index contributed by atoms with van der Waals surface area (Å²) in [5, 5.41) is 0. The van der Waals surface area contributed by atoms with Crippen molar-refractivity contribution in [2.45, 2.75) is 125 Å². The Labute approximate surface area is 407 Å². The first-order chi connectivity index (χ1) is 33.0. The minimum absolute atomic E-state index is 0.132. The Morgan fingerprint density at radius 2 is 1.35 bits per heavy atom. The fourth-order valence-electron chi connectivity index (χ4n) is 15.5. The molecule has 3 aromatic carbocycles. The number of rotatable bonds is 13. The molecule has 0 aromatic heterocycles. The first kappa shape index (κ1) is 47.3. The summed E-state index contributed by atoms with van der Waals surface area (Å²) in [4.78, 5) is 80.8. The number of aryl methyl sites for hydroxylation is 1. The van der Waals surface area contributed by atoms with Crippen LogP contribution in [0.25, 0.3) is 6.08 Å². The van der Waals surface area contributed by atoms with Crippen LogP contribution in [-0.2, 0) is 19.2 Å². The first-order valence-corrected chi connectivity index (χ1v) is 26.1. The summed E-state index contributed by atoms with van der Waals surface area (Å²) < 4.78 is 12.3. The number of fused-ring (bicyclic) bond motifs is 9. The average molecular weight is 935 g/mol. The molecule has 2 saturated heterocycles. The van der Waals surface area contributed by atoms with Crippen molar-refractivity contribution >= 4 is 47.1 Å². The third kappa shape index (κ3) is 8.19. The van der Waals surface area contributed by atoms with Crippen LogP contribution < -0.4 is 14.4 Å². The topological polar surface area (TPSA) is 127 Å². The summed E-state index contributed by atoms with van der Waals surface area (Å²) in [6.45, 7) is 14.4. The Hall–Kier alpha value is -5.38. The lowest BCUT2D eigenvalue weighted by molar-refractivity contribution is -0.146. The minimum Gasteiger partial charge on any atom is -0.490 e. The smallest absolute Gasteiger partial charge is 0.343 e. The fraction of sp³-hybridized carbons (Fsp3) is 0.559. The van der Waals surface area contributed by atoms with E-state index in [0.29, 0.717) is 27.9 Å². The van der Waals surface area contributed by atoms with Gasteiger partial charge in [-0.25, -0.2) is 9.69 Å². The normalized spacial score (nSPS) is 34.0. The van der Waals surface area contributed by atoms with E-state index in [-0.39, 0.29) is 28.9 Å². The molecule has 7 aliphatic rings. The number of carbonyl (C=O) groups excluding carboxylic acids is 6. The van der Waals surface area contributed by atoms with Crippen molar-refractivity contribution in [3.05, 3.63) is 95.1 Å². The highest BCUT2D eigenvalue weighted by molar-refractivity contribution is 6.27. The molecule has 0 spiro atoms. The number of esters is 1. The molecule has 5 aliphatic carbocycles. The van der Waals surface area contributed by atoms with Gasteiger partial charge in [0, 0.05) is 12.6 Å². The molecule has 7 fully saturated rings. The third-order valence-corrected chi connectivity index (χ3v) is 19.1. The van der Waals surface area contributed by atoms with E-state index in [0.717, 1.165) is 69.5 Å². The molecule has 5 saturated carbocycles. The van der Waals surface area contributed by atoms with E-state index in [1.807, 2.05) is 24.3 Å². The summed E-state index contributed by atoms with van der Waals surface area (Å²) in [6.07, 6.45) is 19.4. The Balaban J connectivity index is 0.704. The molecule has 10 nitrogen and oxygen atoms in total. The van der Waals surface area contributed by atoms with Gasteiger partial charge in [0.05, 0.1) is 41.0 Å². The predicted molar refractivity (Wildman–Crippen MR) is 264 cm³/mol. The van der Waals surface area contributed by atoms with Gasteiger partial charge in [0.1, 0.15) is 11.5 Å². The average Bonchev–Trinajstić information content (AvgIpc) is 3.84. The van der Waals surface area contributed by atoms with Crippen LogP contribution in [0, 0.1) is 82.9 Å².